The van der Waals surface area contributed by atoms with Gasteiger partial charge in [0.1, 0.15) is 16.5 Å². The number of hydrogen-bond donors (Lipinski definition) is 2. The zero-order chi connectivity index (χ0) is 16.7. The molecule has 0 saturated heterocycles. The zero-order valence-electron chi connectivity index (χ0n) is 12.3. The quantitative estimate of drug-likeness (QED) is 0.735. The third-order valence-corrected chi connectivity index (χ3v) is 5.16. The summed E-state index contributed by atoms with van der Waals surface area (Å²) in [5.74, 6) is -1.01. The number of carbonyl (C=O) groups is 1. The number of carbonyl (C=O) groups excluding carboxylic acids is 1. The lowest BCUT2D eigenvalue weighted by Crippen LogP contribution is -2.15. The summed E-state index contributed by atoms with van der Waals surface area (Å²) >= 11 is 7.52. The molecule has 2 heterocycles. The Bertz CT molecular complexity index is 875. The van der Waals surface area contributed by atoms with E-state index >= 15 is 0 Å². The molecule has 0 radical (unpaired) electrons. The van der Waals surface area contributed by atoms with Gasteiger partial charge in [-0.1, -0.05) is 17.7 Å². The zero-order valence-corrected chi connectivity index (χ0v) is 13.9. The van der Waals surface area contributed by atoms with Crippen molar-refractivity contribution in [3.63, 3.8) is 0 Å². The van der Waals surface area contributed by atoms with E-state index in [1.165, 1.54) is 17.4 Å². The fourth-order valence-corrected chi connectivity index (χ4v) is 3.73. The fourth-order valence-electron chi connectivity index (χ4n) is 2.79. The lowest BCUT2D eigenvalue weighted by molar-refractivity contribution is -0.117. The fraction of sp³-hybridized carbons (Fsp3) is 0.188. The van der Waals surface area contributed by atoms with Crippen LogP contribution in [0.2, 0.25) is 5.02 Å². The van der Waals surface area contributed by atoms with Crippen molar-refractivity contribution in [2.24, 2.45) is 5.92 Å². The number of thiazole rings is 1. The summed E-state index contributed by atoms with van der Waals surface area (Å²) in [6.07, 6.45) is 3.81. The molecule has 0 spiro atoms. The van der Waals surface area contributed by atoms with E-state index in [1.54, 1.807) is 24.5 Å². The first kappa shape index (κ1) is 15.3. The van der Waals surface area contributed by atoms with Crippen molar-refractivity contribution in [3.05, 3.63) is 52.4 Å². The minimum atomic E-state index is -0.366. The number of nitrogens with one attached hydrogen (secondary N) is 2. The molecule has 2 N–H and O–H groups in total. The van der Waals surface area contributed by atoms with Crippen LogP contribution in [0, 0.1) is 11.7 Å². The van der Waals surface area contributed by atoms with Crippen LogP contribution in [-0.4, -0.2) is 21.1 Å². The van der Waals surface area contributed by atoms with Crippen LogP contribution in [0.4, 0.5) is 10.1 Å². The number of aromatic amines is 1. The van der Waals surface area contributed by atoms with Gasteiger partial charge >= 0.3 is 0 Å². The number of halogens is 2. The van der Waals surface area contributed by atoms with Crippen LogP contribution in [0.3, 0.4) is 0 Å². The first-order valence-corrected chi connectivity index (χ1v) is 8.59. The Morgan fingerprint density at radius 3 is 3.08 bits per heavy atom. The number of H-pyrrole nitrogens is 1. The standard InChI is InChI=1S/C16H12ClFN4OS/c17-10-2-1-3-11(18)13(10)8-6-9(8)15(23)21-12-7-20-22-14(12)16-19-4-5-24-16/h1-5,7-9H,6H2,(H,20,22)(H,21,23)/t8-,9-/m1/s1. The SMILES string of the molecule is O=C(Nc1cn[nH]c1-c1nccs1)[C@@H]1C[C@H]1c1c(F)cccc1Cl. The van der Waals surface area contributed by atoms with Crippen molar-refractivity contribution in [2.45, 2.75) is 12.3 Å². The number of amides is 1. The van der Waals surface area contributed by atoms with E-state index < -0.39 is 0 Å². The van der Waals surface area contributed by atoms with Crippen LogP contribution in [0.5, 0.6) is 0 Å². The lowest BCUT2D eigenvalue weighted by atomic mass is 10.1. The van der Waals surface area contributed by atoms with Crippen molar-refractivity contribution in [3.8, 4) is 10.7 Å². The molecule has 122 valence electrons. The van der Waals surface area contributed by atoms with E-state index in [4.69, 9.17) is 11.6 Å². The van der Waals surface area contributed by atoms with E-state index in [2.05, 4.69) is 20.5 Å². The van der Waals surface area contributed by atoms with Crippen LogP contribution in [0.25, 0.3) is 10.7 Å². The average molecular weight is 363 g/mol. The summed E-state index contributed by atoms with van der Waals surface area (Å²) in [7, 11) is 0. The van der Waals surface area contributed by atoms with E-state index in [-0.39, 0.29) is 23.6 Å². The third-order valence-electron chi connectivity index (χ3n) is 4.04. The molecule has 1 saturated carbocycles. The molecule has 8 heteroatoms. The second-order valence-electron chi connectivity index (χ2n) is 5.57. The molecule has 0 bridgehead atoms. The molecule has 1 aromatic carbocycles. The van der Waals surface area contributed by atoms with E-state index in [9.17, 15) is 9.18 Å². The molecule has 0 unspecified atom stereocenters. The Hall–Kier alpha value is -2.25. The van der Waals surface area contributed by atoms with Gasteiger partial charge in [0.25, 0.3) is 0 Å². The predicted octanol–water partition coefficient (Wildman–Crippen LogP) is 4.07. The maximum absolute atomic E-state index is 14.0. The number of nitrogens with zero attached hydrogens (tertiary/aromatic N) is 2. The van der Waals surface area contributed by atoms with Gasteiger partial charge in [-0.05, 0) is 18.6 Å². The lowest BCUT2D eigenvalue weighted by Gasteiger charge is -2.06. The number of benzene rings is 1. The van der Waals surface area contributed by atoms with Gasteiger partial charge in [0.2, 0.25) is 5.91 Å². The number of aromatic nitrogens is 3. The molecule has 0 aliphatic heterocycles. The van der Waals surface area contributed by atoms with Crippen molar-refractivity contribution in [1.29, 1.82) is 0 Å². The van der Waals surface area contributed by atoms with Crippen LogP contribution in [0.15, 0.2) is 36.0 Å². The number of anilines is 1. The molecule has 5 nitrogen and oxygen atoms in total. The van der Waals surface area contributed by atoms with Gasteiger partial charge in [-0.15, -0.1) is 11.3 Å². The molecule has 3 aromatic rings. The van der Waals surface area contributed by atoms with Gasteiger partial charge in [-0.25, -0.2) is 9.37 Å². The van der Waals surface area contributed by atoms with Gasteiger partial charge in [0.05, 0.1) is 11.9 Å². The van der Waals surface area contributed by atoms with Crippen LogP contribution < -0.4 is 5.32 Å². The van der Waals surface area contributed by atoms with Gasteiger partial charge in [-0.3, -0.25) is 9.89 Å². The number of rotatable bonds is 4. The largest absolute Gasteiger partial charge is 0.323 e. The third kappa shape index (κ3) is 2.70. The van der Waals surface area contributed by atoms with Crippen molar-refractivity contribution in [2.75, 3.05) is 5.32 Å². The second-order valence-corrected chi connectivity index (χ2v) is 6.87. The highest BCUT2D eigenvalue weighted by Crippen LogP contribution is 2.51. The summed E-state index contributed by atoms with van der Waals surface area (Å²) in [5, 5.41) is 12.6. The average Bonchev–Trinajstić information content (AvgIpc) is 2.96. The molecule has 1 aliphatic rings. The van der Waals surface area contributed by atoms with E-state index in [0.29, 0.717) is 28.4 Å². The monoisotopic (exact) mass is 362 g/mol. The molecule has 1 aliphatic carbocycles. The first-order valence-electron chi connectivity index (χ1n) is 7.33. The van der Waals surface area contributed by atoms with Gasteiger partial charge in [0, 0.05) is 34.0 Å². The minimum Gasteiger partial charge on any atom is -0.323 e. The highest BCUT2D eigenvalue weighted by atomic mass is 35.5. The Labute approximate surface area is 145 Å². The van der Waals surface area contributed by atoms with Gasteiger partial charge in [0.15, 0.2) is 0 Å². The van der Waals surface area contributed by atoms with Crippen LogP contribution in [0.1, 0.15) is 17.9 Å². The summed E-state index contributed by atoms with van der Waals surface area (Å²) < 4.78 is 14.0. The van der Waals surface area contributed by atoms with Gasteiger partial charge in [-0.2, -0.15) is 5.10 Å². The maximum Gasteiger partial charge on any atom is 0.228 e. The Morgan fingerprint density at radius 1 is 1.46 bits per heavy atom. The van der Waals surface area contributed by atoms with Crippen molar-refractivity contribution >= 4 is 34.5 Å². The molecular weight excluding hydrogens is 351 g/mol. The Kier molecular flexibility index (Phi) is 3.82. The highest BCUT2D eigenvalue weighted by molar-refractivity contribution is 7.13. The highest BCUT2D eigenvalue weighted by Gasteiger charge is 2.46. The van der Waals surface area contributed by atoms with Crippen LogP contribution >= 0.6 is 22.9 Å². The normalized spacial score (nSPS) is 19.2. The van der Waals surface area contributed by atoms with Crippen molar-refractivity contribution in [1.82, 2.24) is 15.2 Å². The number of hydrogen-bond acceptors (Lipinski definition) is 4. The second kappa shape index (κ2) is 5.99. The minimum absolute atomic E-state index is 0.168. The predicted molar refractivity (Wildman–Crippen MR) is 90.6 cm³/mol. The molecule has 24 heavy (non-hydrogen) atoms. The smallest absolute Gasteiger partial charge is 0.228 e. The molecule has 1 amide bonds. The van der Waals surface area contributed by atoms with E-state index in [0.717, 1.165) is 5.01 Å². The summed E-state index contributed by atoms with van der Waals surface area (Å²) in [5.41, 5.74) is 1.66. The summed E-state index contributed by atoms with van der Waals surface area (Å²) in [4.78, 5) is 16.7. The Balaban J connectivity index is 1.51. The van der Waals surface area contributed by atoms with Crippen molar-refractivity contribution < 1.29 is 9.18 Å². The van der Waals surface area contributed by atoms with Gasteiger partial charge < -0.3 is 5.32 Å². The van der Waals surface area contributed by atoms with E-state index in [1.807, 2.05) is 5.38 Å². The molecule has 2 atom stereocenters. The summed E-state index contributed by atoms with van der Waals surface area (Å²) in [6.45, 7) is 0. The molecule has 4 rings (SSSR count). The summed E-state index contributed by atoms with van der Waals surface area (Å²) in [6, 6.07) is 4.57. The Morgan fingerprint density at radius 2 is 2.33 bits per heavy atom. The first-order chi connectivity index (χ1) is 11.6. The molecular formula is C16H12ClFN4OS. The molecule has 1 fully saturated rings. The van der Waals surface area contributed by atoms with Crippen LogP contribution in [-0.2, 0) is 4.79 Å². The maximum atomic E-state index is 14.0. The molecule has 2 aromatic heterocycles. The topological polar surface area (TPSA) is 70.7 Å².